The first kappa shape index (κ1) is 18.1. The Hall–Kier alpha value is -2.67. The van der Waals surface area contributed by atoms with Gasteiger partial charge in [-0.25, -0.2) is 0 Å². The lowest BCUT2D eigenvalue weighted by atomic mass is 10.0. The highest BCUT2D eigenvalue weighted by molar-refractivity contribution is 6.04. The summed E-state index contributed by atoms with van der Waals surface area (Å²) in [6, 6.07) is 6.88. The number of fused-ring (bicyclic) bond motifs is 1. The number of hydrogen-bond acceptors (Lipinski definition) is 5. The molecule has 3 rings (SSSR count). The van der Waals surface area contributed by atoms with Crippen molar-refractivity contribution in [2.75, 3.05) is 34.2 Å². The number of likely N-dealkylation sites (N-methyl/N-ethyl adjacent to an activating group) is 1. The molecule has 2 heterocycles. The minimum atomic E-state index is -0.223. The summed E-state index contributed by atoms with van der Waals surface area (Å²) in [5.41, 5.74) is 2.69. The van der Waals surface area contributed by atoms with Gasteiger partial charge in [0.25, 0.3) is 11.8 Å². The quantitative estimate of drug-likeness (QED) is 0.792. The lowest BCUT2D eigenvalue weighted by molar-refractivity contribution is 0.0729. The van der Waals surface area contributed by atoms with E-state index in [2.05, 4.69) is 5.16 Å². The van der Waals surface area contributed by atoms with E-state index < -0.39 is 0 Å². The van der Waals surface area contributed by atoms with E-state index in [1.165, 1.54) is 6.26 Å². The Morgan fingerprint density at radius 2 is 2.08 bits per heavy atom. The number of amides is 2. The zero-order chi connectivity index (χ0) is 18.8. The fourth-order valence-electron chi connectivity index (χ4n) is 3.09. The molecule has 0 radical (unpaired) electrons. The molecule has 7 heteroatoms. The van der Waals surface area contributed by atoms with Crippen molar-refractivity contribution in [1.82, 2.24) is 19.9 Å². The molecule has 1 aromatic carbocycles. The molecule has 2 aromatic rings. The van der Waals surface area contributed by atoms with Crippen LogP contribution in [0.2, 0.25) is 0 Å². The molecule has 1 aliphatic rings. The van der Waals surface area contributed by atoms with Crippen LogP contribution in [0.25, 0.3) is 0 Å². The first-order valence-corrected chi connectivity index (χ1v) is 8.63. The molecular weight excluding hydrogens is 332 g/mol. The lowest BCUT2D eigenvalue weighted by Gasteiger charge is -2.24. The molecule has 0 saturated heterocycles. The largest absolute Gasteiger partial charge is 0.364 e. The van der Waals surface area contributed by atoms with Crippen molar-refractivity contribution in [1.29, 1.82) is 0 Å². The third kappa shape index (κ3) is 3.35. The second kappa shape index (κ2) is 7.29. The molecule has 7 nitrogen and oxygen atoms in total. The number of benzene rings is 1. The van der Waals surface area contributed by atoms with Gasteiger partial charge in [0, 0.05) is 43.9 Å². The summed E-state index contributed by atoms with van der Waals surface area (Å²) < 4.78 is 4.88. The molecular formula is C19H24N4O3. The van der Waals surface area contributed by atoms with E-state index in [4.69, 9.17) is 4.52 Å². The third-order valence-electron chi connectivity index (χ3n) is 4.88. The molecule has 1 atom stereocenters. The highest BCUT2D eigenvalue weighted by Gasteiger charge is 2.32. The van der Waals surface area contributed by atoms with Gasteiger partial charge >= 0.3 is 0 Å². The summed E-state index contributed by atoms with van der Waals surface area (Å²) in [7, 11) is 5.69. The van der Waals surface area contributed by atoms with Crippen LogP contribution in [0.5, 0.6) is 0 Å². The molecule has 0 aliphatic carbocycles. The summed E-state index contributed by atoms with van der Waals surface area (Å²) in [6.45, 7) is 3.79. The maximum Gasteiger partial charge on any atom is 0.254 e. The van der Waals surface area contributed by atoms with Gasteiger partial charge in [-0.05, 0) is 38.7 Å². The smallest absolute Gasteiger partial charge is 0.254 e. The molecule has 0 bridgehead atoms. The molecule has 26 heavy (non-hydrogen) atoms. The van der Waals surface area contributed by atoms with Gasteiger partial charge in [-0.2, -0.15) is 0 Å². The van der Waals surface area contributed by atoms with Crippen molar-refractivity contribution in [3.05, 3.63) is 52.9 Å². The van der Waals surface area contributed by atoms with Gasteiger partial charge in [-0.1, -0.05) is 11.2 Å². The molecule has 1 aliphatic heterocycles. The summed E-state index contributed by atoms with van der Waals surface area (Å²) in [4.78, 5) is 31.1. The van der Waals surface area contributed by atoms with E-state index in [0.717, 1.165) is 12.1 Å². The van der Waals surface area contributed by atoms with Gasteiger partial charge < -0.3 is 19.2 Å². The maximum atomic E-state index is 13.0. The first-order chi connectivity index (χ1) is 12.4. The van der Waals surface area contributed by atoms with Crippen LogP contribution in [-0.2, 0) is 6.54 Å². The van der Waals surface area contributed by atoms with Crippen LogP contribution in [0.1, 0.15) is 44.9 Å². The Morgan fingerprint density at radius 3 is 2.73 bits per heavy atom. The van der Waals surface area contributed by atoms with Crippen molar-refractivity contribution in [2.24, 2.45) is 0 Å². The molecule has 1 aromatic heterocycles. The Labute approximate surface area is 153 Å². The van der Waals surface area contributed by atoms with Crippen molar-refractivity contribution in [3.8, 4) is 0 Å². The van der Waals surface area contributed by atoms with Gasteiger partial charge in [0.2, 0.25) is 0 Å². The topological polar surface area (TPSA) is 69.9 Å². The average molecular weight is 356 g/mol. The third-order valence-corrected chi connectivity index (χ3v) is 4.88. The van der Waals surface area contributed by atoms with E-state index >= 15 is 0 Å². The van der Waals surface area contributed by atoms with Crippen molar-refractivity contribution in [2.45, 2.75) is 19.5 Å². The number of hydrogen-bond donors (Lipinski definition) is 0. The monoisotopic (exact) mass is 356 g/mol. The van der Waals surface area contributed by atoms with Crippen LogP contribution in [0, 0.1) is 0 Å². The fourth-order valence-corrected chi connectivity index (χ4v) is 3.09. The van der Waals surface area contributed by atoms with Gasteiger partial charge in [0.1, 0.15) is 12.0 Å². The molecule has 0 fully saturated rings. The Morgan fingerprint density at radius 1 is 1.31 bits per heavy atom. The predicted octanol–water partition coefficient (Wildman–Crippen LogP) is 2.03. The molecule has 138 valence electrons. The van der Waals surface area contributed by atoms with Crippen LogP contribution in [0.15, 0.2) is 35.1 Å². The van der Waals surface area contributed by atoms with Crippen LogP contribution in [-0.4, -0.2) is 65.9 Å². The molecule has 0 N–H and O–H groups in total. The Balaban J connectivity index is 1.83. The van der Waals surface area contributed by atoms with E-state index in [1.54, 1.807) is 41.1 Å². The first-order valence-electron chi connectivity index (χ1n) is 8.63. The summed E-state index contributed by atoms with van der Waals surface area (Å²) in [6.07, 6.45) is 1.49. The van der Waals surface area contributed by atoms with E-state index in [1.807, 2.05) is 25.9 Å². The Kier molecular flexibility index (Phi) is 5.08. The van der Waals surface area contributed by atoms with E-state index in [9.17, 15) is 9.59 Å². The normalized spacial score (nSPS) is 14.7. The van der Waals surface area contributed by atoms with Crippen molar-refractivity contribution < 1.29 is 14.1 Å². The van der Waals surface area contributed by atoms with Crippen LogP contribution in [0.3, 0.4) is 0 Å². The number of aromatic nitrogens is 1. The molecule has 0 saturated carbocycles. The minimum absolute atomic E-state index is 0.0105. The van der Waals surface area contributed by atoms with Crippen molar-refractivity contribution >= 4 is 11.8 Å². The standard InChI is InChI=1S/C19H24N4O3/c1-13(17-8-11-26-20-17)22(4)18(24)14-6-5-7-15-16(14)12-23(19(15)25)10-9-21(2)3/h5-8,11,13H,9-10,12H2,1-4H3. The minimum Gasteiger partial charge on any atom is -0.364 e. The highest BCUT2D eigenvalue weighted by atomic mass is 16.5. The van der Waals surface area contributed by atoms with Gasteiger partial charge in [-0.3, -0.25) is 9.59 Å². The van der Waals surface area contributed by atoms with Gasteiger partial charge in [0.05, 0.1) is 6.04 Å². The molecule has 1 unspecified atom stereocenters. The molecule has 2 amide bonds. The number of carbonyl (C=O) groups is 2. The zero-order valence-electron chi connectivity index (χ0n) is 15.6. The predicted molar refractivity (Wildman–Crippen MR) is 96.7 cm³/mol. The number of nitrogens with zero attached hydrogens (tertiary/aromatic N) is 4. The van der Waals surface area contributed by atoms with E-state index in [-0.39, 0.29) is 17.9 Å². The molecule has 0 spiro atoms. The van der Waals surface area contributed by atoms with Crippen LogP contribution in [0.4, 0.5) is 0 Å². The van der Waals surface area contributed by atoms with Gasteiger partial charge in [0.15, 0.2) is 0 Å². The Bertz CT molecular complexity index is 801. The van der Waals surface area contributed by atoms with E-state index in [0.29, 0.717) is 29.9 Å². The highest BCUT2D eigenvalue weighted by Crippen LogP contribution is 2.28. The SMILES string of the molecule is CC(c1ccon1)N(C)C(=O)c1cccc2c1CN(CCN(C)C)C2=O. The summed E-state index contributed by atoms with van der Waals surface area (Å²) in [5.74, 6) is -0.136. The second-order valence-electron chi connectivity index (χ2n) is 6.88. The lowest BCUT2D eigenvalue weighted by Crippen LogP contribution is -2.32. The second-order valence-corrected chi connectivity index (χ2v) is 6.88. The fraction of sp³-hybridized carbons (Fsp3) is 0.421. The maximum absolute atomic E-state index is 13.0. The zero-order valence-corrected chi connectivity index (χ0v) is 15.6. The van der Waals surface area contributed by atoms with Crippen LogP contribution < -0.4 is 0 Å². The number of carbonyl (C=O) groups excluding carboxylic acids is 2. The summed E-state index contributed by atoms with van der Waals surface area (Å²) >= 11 is 0. The van der Waals surface area contributed by atoms with Crippen molar-refractivity contribution in [3.63, 3.8) is 0 Å². The van der Waals surface area contributed by atoms with Crippen LogP contribution >= 0.6 is 0 Å². The summed E-state index contributed by atoms with van der Waals surface area (Å²) in [5, 5.41) is 3.91. The number of rotatable bonds is 6. The van der Waals surface area contributed by atoms with Gasteiger partial charge in [-0.15, -0.1) is 0 Å². The average Bonchev–Trinajstić information content (AvgIpc) is 3.26.